The number of benzene rings is 1. The molecule has 6 heteroatoms. The van der Waals surface area contributed by atoms with Gasteiger partial charge in [-0.3, -0.25) is 9.48 Å². The van der Waals surface area contributed by atoms with Crippen LogP contribution in [0.4, 0.5) is 5.69 Å². The Labute approximate surface area is 117 Å². The summed E-state index contributed by atoms with van der Waals surface area (Å²) in [5.41, 5.74) is 6.82. The number of anilines is 1. The summed E-state index contributed by atoms with van der Waals surface area (Å²) in [5, 5.41) is 6.75. The minimum Gasteiger partial charge on any atom is -0.452 e. The third-order valence-electron chi connectivity index (χ3n) is 2.84. The summed E-state index contributed by atoms with van der Waals surface area (Å²) in [6.07, 6.45) is 3.41. The van der Waals surface area contributed by atoms with Gasteiger partial charge in [0.2, 0.25) is 0 Å². The third-order valence-corrected chi connectivity index (χ3v) is 2.84. The molecule has 0 fully saturated rings. The average Bonchev–Trinajstić information content (AvgIpc) is 2.89. The van der Waals surface area contributed by atoms with Gasteiger partial charge in [-0.25, -0.2) is 0 Å². The smallest absolute Gasteiger partial charge is 0.251 e. The van der Waals surface area contributed by atoms with Gasteiger partial charge >= 0.3 is 0 Å². The second kappa shape index (κ2) is 5.64. The average molecular weight is 274 g/mol. The molecule has 1 aromatic heterocycles. The van der Waals surface area contributed by atoms with E-state index in [1.807, 2.05) is 13.8 Å². The van der Waals surface area contributed by atoms with E-state index in [0.29, 0.717) is 22.7 Å². The van der Waals surface area contributed by atoms with E-state index in [4.69, 9.17) is 10.5 Å². The summed E-state index contributed by atoms with van der Waals surface area (Å²) in [7, 11) is 1.58. The Balaban J connectivity index is 2.25. The highest BCUT2D eigenvalue weighted by atomic mass is 16.5. The lowest BCUT2D eigenvalue weighted by molar-refractivity contribution is 0.0963. The molecule has 2 aromatic rings. The van der Waals surface area contributed by atoms with Crippen LogP contribution < -0.4 is 15.8 Å². The van der Waals surface area contributed by atoms with Crippen LogP contribution in [-0.2, 0) is 0 Å². The van der Waals surface area contributed by atoms with E-state index in [1.54, 1.807) is 42.3 Å². The highest BCUT2D eigenvalue weighted by Crippen LogP contribution is 2.28. The van der Waals surface area contributed by atoms with Gasteiger partial charge in [0.1, 0.15) is 0 Å². The summed E-state index contributed by atoms with van der Waals surface area (Å²) in [5.74, 6) is 0.835. The molecule has 0 radical (unpaired) electrons. The van der Waals surface area contributed by atoms with Crippen molar-refractivity contribution >= 4 is 11.6 Å². The van der Waals surface area contributed by atoms with Crippen LogP contribution >= 0.6 is 0 Å². The fraction of sp³-hybridized carbons (Fsp3) is 0.286. The number of hydrogen-bond donors (Lipinski definition) is 2. The van der Waals surface area contributed by atoms with Gasteiger partial charge in [-0.05, 0) is 32.0 Å². The van der Waals surface area contributed by atoms with Gasteiger partial charge in [-0.15, -0.1) is 0 Å². The minimum absolute atomic E-state index is 0.187. The van der Waals surface area contributed by atoms with Crippen molar-refractivity contribution in [1.82, 2.24) is 15.1 Å². The van der Waals surface area contributed by atoms with Crippen LogP contribution in [0.15, 0.2) is 30.6 Å². The van der Waals surface area contributed by atoms with Gasteiger partial charge < -0.3 is 15.8 Å². The molecular weight excluding hydrogens is 256 g/mol. The van der Waals surface area contributed by atoms with E-state index in [1.165, 1.54) is 0 Å². The fourth-order valence-corrected chi connectivity index (χ4v) is 1.69. The summed E-state index contributed by atoms with van der Waals surface area (Å²) < 4.78 is 7.47. The second-order valence-corrected chi connectivity index (χ2v) is 4.68. The fourth-order valence-electron chi connectivity index (χ4n) is 1.69. The van der Waals surface area contributed by atoms with Crippen LogP contribution in [0, 0.1) is 0 Å². The van der Waals surface area contributed by atoms with E-state index in [-0.39, 0.29) is 11.9 Å². The normalized spacial score (nSPS) is 10.6. The predicted molar refractivity (Wildman–Crippen MR) is 76.9 cm³/mol. The quantitative estimate of drug-likeness (QED) is 0.837. The molecule has 1 heterocycles. The van der Waals surface area contributed by atoms with Gasteiger partial charge in [-0.1, -0.05) is 0 Å². The van der Waals surface area contributed by atoms with Gasteiger partial charge in [0.25, 0.3) is 5.91 Å². The van der Waals surface area contributed by atoms with Crippen LogP contribution in [0.5, 0.6) is 11.5 Å². The Morgan fingerprint density at radius 3 is 2.80 bits per heavy atom. The van der Waals surface area contributed by atoms with Crippen molar-refractivity contribution in [3.05, 3.63) is 36.2 Å². The predicted octanol–water partition coefficient (Wildman–Crippen LogP) is 2.20. The molecule has 0 aliphatic rings. The molecule has 0 atom stereocenters. The number of hydrogen-bond acceptors (Lipinski definition) is 4. The molecule has 1 aromatic carbocycles. The zero-order chi connectivity index (χ0) is 14.7. The first-order valence-corrected chi connectivity index (χ1v) is 6.35. The SMILES string of the molecule is CNC(=O)c1ccc(N)c(Oc2cnn(C(C)C)c2)c1. The Morgan fingerprint density at radius 1 is 1.45 bits per heavy atom. The van der Waals surface area contributed by atoms with Crippen LogP contribution in [0.3, 0.4) is 0 Å². The molecule has 106 valence electrons. The Bertz CT molecular complexity index is 619. The summed E-state index contributed by atoms with van der Waals surface area (Å²) in [4.78, 5) is 11.6. The van der Waals surface area contributed by atoms with E-state index in [9.17, 15) is 4.79 Å². The zero-order valence-electron chi connectivity index (χ0n) is 11.8. The zero-order valence-corrected chi connectivity index (χ0v) is 11.8. The molecule has 0 saturated heterocycles. The van der Waals surface area contributed by atoms with E-state index in [0.717, 1.165) is 0 Å². The summed E-state index contributed by atoms with van der Waals surface area (Å²) in [6.45, 7) is 4.05. The van der Waals surface area contributed by atoms with Gasteiger partial charge in [0, 0.05) is 18.7 Å². The standard InChI is InChI=1S/C14H18N4O2/c1-9(2)18-8-11(7-17-18)20-13-6-10(14(19)16-3)4-5-12(13)15/h4-9H,15H2,1-3H3,(H,16,19). The van der Waals surface area contributed by atoms with Crippen LogP contribution in [0.2, 0.25) is 0 Å². The van der Waals surface area contributed by atoms with Crippen LogP contribution in [0.1, 0.15) is 30.2 Å². The van der Waals surface area contributed by atoms with Crippen molar-refractivity contribution in [2.75, 3.05) is 12.8 Å². The Kier molecular flexibility index (Phi) is 3.93. The maximum absolute atomic E-state index is 11.6. The largest absolute Gasteiger partial charge is 0.452 e. The van der Waals surface area contributed by atoms with Crippen molar-refractivity contribution in [2.45, 2.75) is 19.9 Å². The first-order valence-electron chi connectivity index (χ1n) is 6.35. The number of aromatic nitrogens is 2. The minimum atomic E-state index is -0.187. The highest BCUT2D eigenvalue weighted by molar-refractivity contribution is 5.95. The summed E-state index contributed by atoms with van der Waals surface area (Å²) in [6, 6.07) is 5.16. The number of nitrogens with zero attached hydrogens (tertiary/aromatic N) is 2. The molecule has 0 aliphatic carbocycles. The third kappa shape index (κ3) is 2.90. The number of carbonyl (C=O) groups is 1. The lowest BCUT2D eigenvalue weighted by Crippen LogP contribution is -2.17. The monoisotopic (exact) mass is 274 g/mol. The van der Waals surface area contributed by atoms with Crippen molar-refractivity contribution in [3.63, 3.8) is 0 Å². The van der Waals surface area contributed by atoms with Crippen molar-refractivity contribution in [2.24, 2.45) is 0 Å². The van der Waals surface area contributed by atoms with Crippen LogP contribution in [0.25, 0.3) is 0 Å². The maximum atomic E-state index is 11.6. The Morgan fingerprint density at radius 2 is 2.20 bits per heavy atom. The maximum Gasteiger partial charge on any atom is 0.251 e. The molecular formula is C14H18N4O2. The number of amides is 1. The van der Waals surface area contributed by atoms with E-state index < -0.39 is 0 Å². The Hall–Kier alpha value is -2.50. The van der Waals surface area contributed by atoms with Gasteiger partial charge in [0.15, 0.2) is 11.5 Å². The van der Waals surface area contributed by atoms with Crippen molar-refractivity contribution in [3.8, 4) is 11.5 Å². The van der Waals surface area contributed by atoms with Crippen LogP contribution in [-0.4, -0.2) is 22.7 Å². The number of ether oxygens (including phenoxy) is 1. The number of nitrogen functional groups attached to an aromatic ring is 1. The molecule has 0 aliphatic heterocycles. The van der Waals surface area contributed by atoms with Gasteiger partial charge in [-0.2, -0.15) is 5.10 Å². The lowest BCUT2D eigenvalue weighted by atomic mass is 10.2. The highest BCUT2D eigenvalue weighted by Gasteiger charge is 2.10. The van der Waals surface area contributed by atoms with Gasteiger partial charge in [0.05, 0.1) is 18.1 Å². The molecule has 2 rings (SSSR count). The molecule has 6 nitrogen and oxygen atoms in total. The number of nitrogens with two attached hydrogens (primary N) is 1. The lowest BCUT2D eigenvalue weighted by Gasteiger charge is -2.08. The number of rotatable bonds is 4. The van der Waals surface area contributed by atoms with E-state index in [2.05, 4.69) is 10.4 Å². The summed E-state index contributed by atoms with van der Waals surface area (Å²) >= 11 is 0. The molecule has 0 unspecified atom stereocenters. The second-order valence-electron chi connectivity index (χ2n) is 4.68. The first kappa shape index (κ1) is 13.9. The molecule has 0 saturated carbocycles. The molecule has 3 N–H and O–H groups in total. The molecule has 20 heavy (non-hydrogen) atoms. The topological polar surface area (TPSA) is 82.2 Å². The van der Waals surface area contributed by atoms with E-state index >= 15 is 0 Å². The number of nitrogens with one attached hydrogen (secondary N) is 1. The van der Waals surface area contributed by atoms with Crippen molar-refractivity contribution in [1.29, 1.82) is 0 Å². The molecule has 1 amide bonds. The van der Waals surface area contributed by atoms with Crippen molar-refractivity contribution < 1.29 is 9.53 Å². The molecule has 0 spiro atoms. The first-order chi connectivity index (χ1) is 9.51. The number of carbonyl (C=O) groups excluding carboxylic acids is 1. The molecule has 0 bridgehead atoms.